The smallest absolute Gasteiger partial charge is 0.417 e. The number of amides is 1. The van der Waals surface area contributed by atoms with Crippen LogP contribution in [-0.2, 0) is 15.7 Å². The number of hydrogen-bond acceptors (Lipinski definition) is 11. The Hall–Kier alpha value is -4.37. The average Bonchev–Trinajstić information content (AvgIpc) is 3.90. The Morgan fingerprint density at radius 2 is 2.06 bits per heavy atom. The molecule has 1 saturated carbocycles. The molecule has 5 aliphatic rings. The van der Waals surface area contributed by atoms with Gasteiger partial charge in [0, 0.05) is 53.5 Å². The zero-order valence-corrected chi connectivity index (χ0v) is 27.9. The van der Waals surface area contributed by atoms with E-state index in [0.717, 1.165) is 43.9 Å². The van der Waals surface area contributed by atoms with E-state index < -0.39 is 56.7 Å². The monoisotopic (exact) mass is 730 g/mol. The molecule has 4 aliphatic heterocycles. The summed E-state index contributed by atoms with van der Waals surface area (Å²) in [6.45, 7) is 1.71. The number of nitrogens with one attached hydrogen (secondary N) is 1. The van der Waals surface area contributed by atoms with E-state index in [1.54, 1.807) is 13.2 Å². The maximum Gasteiger partial charge on any atom is 0.417 e. The number of anilines is 1. The minimum Gasteiger partial charge on any atom is -0.463 e. The molecule has 1 unspecified atom stereocenters. The number of fused-ring (bicyclic) bond motifs is 5. The predicted molar refractivity (Wildman–Crippen MR) is 175 cm³/mol. The molecule has 2 aromatic heterocycles. The molecule has 17 heteroatoms. The Balaban J connectivity index is 1.34. The van der Waals surface area contributed by atoms with Crippen LogP contribution in [-0.4, -0.2) is 73.8 Å². The summed E-state index contributed by atoms with van der Waals surface area (Å²) in [7, 11) is 1.59. The molecule has 4 aromatic rings. The van der Waals surface area contributed by atoms with Gasteiger partial charge in [0.15, 0.2) is 5.82 Å². The number of hydrogen-bond donors (Lipinski definition) is 2. The number of rotatable bonds is 10. The summed E-state index contributed by atoms with van der Waals surface area (Å²) < 4.78 is 99.2. The van der Waals surface area contributed by atoms with Crippen LogP contribution in [0.1, 0.15) is 43.2 Å². The molecule has 1 aliphatic carbocycles. The van der Waals surface area contributed by atoms with Crippen LogP contribution in [0.15, 0.2) is 18.2 Å². The van der Waals surface area contributed by atoms with Crippen LogP contribution in [0.2, 0.25) is 0 Å². The lowest BCUT2D eigenvalue weighted by molar-refractivity contribution is -0.137. The third-order valence-corrected chi connectivity index (χ3v) is 11.6. The van der Waals surface area contributed by atoms with Crippen molar-refractivity contribution >= 4 is 44.2 Å². The third-order valence-electron chi connectivity index (χ3n) is 10.5. The predicted octanol–water partition coefficient (Wildman–Crippen LogP) is 6.04. The standard InChI is InChI=1S/C34H31F5N6O5S/c1-47-7-6-42-22-8-15-2-5-23(22)45(15)29-18-9-20(34(37,38)39)25(17-3-4-21(35)28-24(17)19(12-40)30(51-28)50-31(41)46)26(36)27(18)43-32(44-29)49-14-33-10-16(11-33)48-13-33/h3-4,9,15-16,22-23,42H,2,5-8,10-11,13-14H2,1H3,(H2,41,46)/t15-,16?,22?,23+,33?/m1/s1. The quantitative estimate of drug-likeness (QED) is 0.146. The Kier molecular flexibility index (Phi) is 8.20. The summed E-state index contributed by atoms with van der Waals surface area (Å²) in [5.41, 5.74) is 1.20. The molecule has 1 amide bonds. The van der Waals surface area contributed by atoms with Crippen LogP contribution in [0.3, 0.4) is 0 Å². The van der Waals surface area contributed by atoms with Crippen molar-refractivity contribution in [3.8, 4) is 28.3 Å². The highest BCUT2D eigenvalue weighted by atomic mass is 32.1. The first-order valence-corrected chi connectivity index (χ1v) is 17.2. The van der Waals surface area contributed by atoms with Gasteiger partial charge in [0.25, 0.3) is 0 Å². The maximum absolute atomic E-state index is 17.2. The Bertz CT molecular complexity index is 2110. The van der Waals surface area contributed by atoms with Crippen molar-refractivity contribution in [3.05, 3.63) is 41.0 Å². The number of carbonyl (C=O) groups excluding carboxylic acids is 1. The number of ether oxygens (including phenoxy) is 4. The average molecular weight is 731 g/mol. The second kappa shape index (κ2) is 12.4. The maximum atomic E-state index is 17.2. The molecule has 0 radical (unpaired) electrons. The van der Waals surface area contributed by atoms with E-state index in [-0.39, 0.29) is 63.6 Å². The van der Waals surface area contributed by atoms with Crippen molar-refractivity contribution in [1.29, 1.82) is 5.26 Å². The highest BCUT2D eigenvalue weighted by molar-refractivity contribution is 7.21. The third kappa shape index (κ3) is 5.59. The summed E-state index contributed by atoms with van der Waals surface area (Å²) in [5, 5.41) is 12.5. The first-order valence-electron chi connectivity index (χ1n) is 16.4. The topological polar surface area (TPSA) is 145 Å². The Labute approximate surface area is 291 Å². The zero-order chi connectivity index (χ0) is 35.8. The van der Waals surface area contributed by atoms with Crippen LogP contribution in [0.4, 0.5) is 32.6 Å². The number of nitrogens with zero attached hydrogens (tertiary/aromatic N) is 4. The van der Waals surface area contributed by atoms with Crippen molar-refractivity contribution in [2.45, 2.75) is 62.5 Å². The number of alkyl halides is 3. The summed E-state index contributed by atoms with van der Waals surface area (Å²) in [5.74, 6) is -2.16. The van der Waals surface area contributed by atoms with Crippen LogP contribution >= 0.6 is 11.3 Å². The number of halogens is 5. The Morgan fingerprint density at radius 1 is 1.25 bits per heavy atom. The minimum atomic E-state index is -5.12. The molecular weight excluding hydrogens is 699 g/mol. The van der Waals surface area contributed by atoms with E-state index in [2.05, 4.69) is 15.3 Å². The van der Waals surface area contributed by atoms with Gasteiger partial charge in [-0.2, -0.15) is 28.4 Å². The van der Waals surface area contributed by atoms with Gasteiger partial charge in [-0.05, 0) is 49.8 Å². The van der Waals surface area contributed by atoms with E-state index in [1.165, 1.54) is 0 Å². The highest BCUT2D eigenvalue weighted by Gasteiger charge is 2.53. The van der Waals surface area contributed by atoms with Crippen LogP contribution in [0.5, 0.6) is 11.1 Å². The molecule has 2 aromatic carbocycles. The molecular formula is C34H31F5N6O5S. The lowest BCUT2D eigenvalue weighted by atomic mass is 9.71. The zero-order valence-electron chi connectivity index (χ0n) is 27.1. The first-order chi connectivity index (χ1) is 24.4. The lowest BCUT2D eigenvalue weighted by Gasteiger charge is -2.34. The molecule has 0 spiro atoms. The van der Waals surface area contributed by atoms with E-state index in [0.29, 0.717) is 37.5 Å². The first kappa shape index (κ1) is 33.8. The van der Waals surface area contributed by atoms with Gasteiger partial charge < -0.3 is 34.9 Å². The fraction of sp³-hybridized carbons (Fsp3) is 0.471. The largest absolute Gasteiger partial charge is 0.463 e. The van der Waals surface area contributed by atoms with Crippen LogP contribution < -0.4 is 25.4 Å². The van der Waals surface area contributed by atoms with Crippen LogP contribution in [0, 0.1) is 28.4 Å². The number of primary amides is 1. The highest BCUT2D eigenvalue weighted by Crippen LogP contribution is 2.52. The normalized spacial score (nSPS) is 25.1. The number of methoxy groups -OCH3 is 1. The van der Waals surface area contributed by atoms with E-state index in [1.807, 2.05) is 4.90 Å². The second-order valence-corrected chi connectivity index (χ2v) is 14.5. The lowest BCUT2D eigenvalue weighted by Crippen LogP contribution is -2.42. The van der Waals surface area contributed by atoms with Crippen molar-refractivity contribution in [1.82, 2.24) is 15.3 Å². The number of benzene rings is 2. The van der Waals surface area contributed by atoms with Crippen molar-refractivity contribution in [2.24, 2.45) is 11.1 Å². The van der Waals surface area contributed by atoms with E-state index in [9.17, 15) is 10.1 Å². The van der Waals surface area contributed by atoms with Crippen molar-refractivity contribution in [2.75, 3.05) is 38.4 Å². The number of aromatic nitrogens is 2. The summed E-state index contributed by atoms with van der Waals surface area (Å²) in [6, 6.07) is 3.95. The molecule has 3 atom stereocenters. The molecule has 3 N–H and O–H groups in total. The number of thiophene rings is 1. The van der Waals surface area contributed by atoms with Gasteiger partial charge in [-0.15, -0.1) is 0 Å². The number of nitrogens with two attached hydrogens (primary N) is 1. The van der Waals surface area contributed by atoms with E-state index >= 15 is 22.0 Å². The summed E-state index contributed by atoms with van der Waals surface area (Å²) in [4.78, 5) is 22.5. The molecule has 11 nitrogen and oxygen atoms in total. The van der Waals surface area contributed by atoms with Gasteiger partial charge >= 0.3 is 18.3 Å². The molecule has 4 saturated heterocycles. The summed E-state index contributed by atoms with van der Waals surface area (Å²) in [6.07, 6.45) is -2.51. The van der Waals surface area contributed by atoms with Gasteiger partial charge in [0.2, 0.25) is 5.06 Å². The van der Waals surface area contributed by atoms with Gasteiger partial charge in [0.1, 0.15) is 28.8 Å². The molecule has 9 rings (SSSR count). The summed E-state index contributed by atoms with van der Waals surface area (Å²) >= 11 is 0.493. The Morgan fingerprint density at radius 3 is 2.75 bits per heavy atom. The van der Waals surface area contributed by atoms with Gasteiger partial charge in [-0.1, -0.05) is 17.4 Å². The fourth-order valence-corrected chi connectivity index (χ4v) is 9.30. The molecule has 51 heavy (non-hydrogen) atoms. The van der Waals surface area contributed by atoms with Crippen molar-refractivity contribution in [3.63, 3.8) is 0 Å². The van der Waals surface area contributed by atoms with Gasteiger partial charge in [0.05, 0.1) is 36.2 Å². The van der Waals surface area contributed by atoms with E-state index in [4.69, 9.17) is 24.7 Å². The second-order valence-electron chi connectivity index (χ2n) is 13.6. The molecule has 268 valence electrons. The molecule has 6 heterocycles. The number of carbonyl (C=O) groups is 1. The fourth-order valence-electron chi connectivity index (χ4n) is 8.26. The van der Waals surface area contributed by atoms with Gasteiger partial charge in [-0.25, -0.2) is 13.6 Å². The number of nitriles is 1. The van der Waals surface area contributed by atoms with Crippen molar-refractivity contribution < 1.29 is 45.7 Å². The van der Waals surface area contributed by atoms with Crippen LogP contribution in [0.25, 0.3) is 32.1 Å². The SMILES string of the molecule is COCCNC1C[C@H]2CC[C@@H]1N2c1nc(OCC23COC(C2)C3)nc2c(F)c(-c3ccc(F)c4sc(OC(N)=O)c(C#N)c34)c(C(F)(F)F)cc12. The molecule has 5 fully saturated rings. The molecule has 4 bridgehead atoms. The van der Waals surface area contributed by atoms with Gasteiger partial charge in [-0.3, -0.25) is 0 Å². The minimum absolute atomic E-state index is 0.00626.